The number of halogens is 4. The number of aliphatic hydroxyl groups is 1. The van der Waals surface area contributed by atoms with Crippen LogP contribution in [-0.4, -0.2) is 42.0 Å². The third-order valence-corrected chi connectivity index (χ3v) is 3.54. The molecule has 1 aliphatic heterocycles. The van der Waals surface area contributed by atoms with Crippen LogP contribution in [0.2, 0.25) is 5.02 Å². The third kappa shape index (κ3) is 3.99. The van der Waals surface area contributed by atoms with Crippen LogP contribution in [0.15, 0.2) is 12.3 Å². The lowest BCUT2D eigenvalue weighted by molar-refractivity contribution is -0.137. The first-order valence-corrected chi connectivity index (χ1v) is 6.92. The number of nitrogens with zero attached hydrogens (tertiary/aromatic N) is 2. The van der Waals surface area contributed by atoms with Crippen LogP contribution in [-0.2, 0) is 10.9 Å². The molecule has 0 aromatic carbocycles. The first-order chi connectivity index (χ1) is 9.79. The summed E-state index contributed by atoms with van der Waals surface area (Å²) in [5, 5.41) is 9.45. The van der Waals surface area contributed by atoms with Crippen molar-refractivity contribution in [1.82, 2.24) is 4.98 Å². The Balaban J connectivity index is 2.26. The summed E-state index contributed by atoms with van der Waals surface area (Å²) in [6, 6.07) is 0.708. The molecule has 2 rings (SSSR count). The van der Waals surface area contributed by atoms with Gasteiger partial charge in [-0.2, -0.15) is 13.2 Å². The van der Waals surface area contributed by atoms with Crippen LogP contribution in [0.5, 0.6) is 0 Å². The standard InChI is InChI=1S/C13H16ClF3N2O2/c1-8(20)4-10-7-21-3-2-19(10)12-11(14)5-9(6-18-12)13(15,16)17/h5-6,8,10,20H,2-4,7H2,1H3/t8-,10+/m0/s1. The van der Waals surface area contributed by atoms with E-state index in [-0.39, 0.29) is 11.1 Å². The maximum Gasteiger partial charge on any atom is 0.417 e. The van der Waals surface area contributed by atoms with Gasteiger partial charge < -0.3 is 14.7 Å². The van der Waals surface area contributed by atoms with Gasteiger partial charge in [0.2, 0.25) is 0 Å². The minimum Gasteiger partial charge on any atom is -0.393 e. The number of morpholine rings is 1. The molecular weight excluding hydrogens is 309 g/mol. The number of rotatable bonds is 3. The van der Waals surface area contributed by atoms with E-state index in [0.29, 0.717) is 32.0 Å². The highest BCUT2D eigenvalue weighted by Gasteiger charge is 2.33. The Hall–Kier alpha value is -1.05. The minimum atomic E-state index is -4.47. The van der Waals surface area contributed by atoms with E-state index in [9.17, 15) is 18.3 Å². The van der Waals surface area contributed by atoms with Crippen LogP contribution in [0, 0.1) is 0 Å². The van der Waals surface area contributed by atoms with Gasteiger partial charge in [0.15, 0.2) is 0 Å². The van der Waals surface area contributed by atoms with Gasteiger partial charge >= 0.3 is 6.18 Å². The predicted octanol–water partition coefficient (Wildman–Crippen LogP) is 2.73. The molecule has 4 nitrogen and oxygen atoms in total. The predicted molar refractivity (Wildman–Crippen MR) is 72.5 cm³/mol. The summed E-state index contributed by atoms with van der Waals surface area (Å²) in [5.41, 5.74) is -0.878. The first-order valence-electron chi connectivity index (χ1n) is 6.54. The highest BCUT2D eigenvalue weighted by molar-refractivity contribution is 6.33. The van der Waals surface area contributed by atoms with Gasteiger partial charge in [0.1, 0.15) is 5.82 Å². The molecule has 0 amide bonds. The summed E-state index contributed by atoms with van der Waals surface area (Å²) >= 11 is 5.96. The summed E-state index contributed by atoms with van der Waals surface area (Å²) < 4.78 is 43.2. The normalized spacial score (nSPS) is 21.4. The molecule has 0 radical (unpaired) electrons. The van der Waals surface area contributed by atoms with Crippen molar-refractivity contribution in [1.29, 1.82) is 0 Å². The molecule has 118 valence electrons. The van der Waals surface area contributed by atoms with Gasteiger partial charge in [0.25, 0.3) is 0 Å². The Morgan fingerprint density at radius 2 is 2.29 bits per heavy atom. The molecule has 2 atom stereocenters. The maximum absolute atomic E-state index is 12.6. The number of anilines is 1. The van der Waals surface area contributed by atoms with Gasteiger partial charge in [0, 0.05) is 12.7 Å². The average Bonchev–Trinajstić information content (AvgIpc) is 2.38. The zero-order valence-electron chi connectivity index (χ0n) is 11.4. The molecule has 0 unspecified atom stereocenters. The molecule has 1 aliphatic rings. The Kier molecular flexibility index (Phi) is 4.95. The van der Waals surface area contributed by atoms with E-state index >= 15 is 0 Å². The fraction of sp³-hybridized carbons (Fsp3) is 0.615. The fourth-order valence-corrected chi connectivity index (χ4v) is 2.59. The Labute approximate surface area is 125 Å². The summed E-state index contributed by atoms with van der Waals surface area (Å²) in [6.07, 6.45) is -3.82. The maximum atomic E-state index is 12.6. The van der Waals surface area contributed by atoms with E-state index in [1.54, 1.807) is 11.8 Å². The van der Waals surface area contributed by atoms with Crippen molar-refractivity contribution in [3.63, 3.8) is 0 Å². The highest BCUT2D eigenvalue weighted by Crippen LogP contribution is 2.34. The number of hydrogen-bond acceptors (Lipinski definition) is 4. The van der Waals surface area contributed by atoms with Crippen molar-refractivity contribution in [2.75, 3.05) is 24.7 Å². The molecule has 1 N–H and O–H groups in total. The summed E-state index contributed by atoms with van der Waals surface area (Å²) in [4.78, 5) is 5.65. The average molecular weight is 325 g/mol. The van der Waals surface area contributed by atoms with Crippen molar-refractivity contribution in [3.8, 4) is 0 Å². The molecule has 0 spiro atoms. The van der Waals surface area contributed by atoms with Crippen molar-refractivity contribution < 1.29 is 23.0 Å². The first kappa shape index (κ1) is 16.3. The molecule has 8 heteroatoms. The van der Waals surface area contributed by atoms with Crippen LogP contribution in [0.1, 0.15) is 18.9 Å². The minimum absolute atomic E-state index is 0.0534. The second-order valence-corrected chi connectivity index (χ2v) is 5.44. The summed E-state index contributed by atoms with van der Waals surface area (Å²) in [5.74, 6) is 0.290. The Morgan fingerprint density at radius 1 is 1.57 bits per heavy atom. The van der Waals surface area contributed by atoms with Crippen LogP contribution < -0.4 is 4.90 Å². The molecule has 0 saturated carbocycles. The van der Waals surface area contributed by atoms with E-state index in [2.05, 4.69) is 4.98 Å². The molecule has 2 heterocycles. The lowest BCUT2D eigenvalue weighted by Gasteiger charge is -2.37. The van der Waals surface area contributed by atoms with Crippen molar-refractivity contribution >= 4 is 17.4 Å². The second kappa shape index (κ2) is 6.37. The van der Waals surface area contributed by atoms with Crippen LogP contribution in [0.25, 0.3) is 0 Å². The fourth-order valence-electron chi connectivity index (χ4n) is 2.32. The molecule has 1 saturated heterocycles. The van der Waals surface area contributed by atoms with Gasteiger partial charge in [-0.1, -0.05) is 11.6 Å². The molecule has 0 aliphatic carbocycles. The van der Waals surface area contributed by atoms with Crippen molar-refractivity contribution in [2.45, 2.75) is 31.7 Å². The highest BCUT2D eigenvalue weighted by atomic mass is 35.5. The topological polar surface area (TPSA) is 45.6 Å². The Morgan fingerprint density at radius 3 is 2.86 bits per heavy atom. The molecular formula is C13H16ClF3N2O2. The van der Waals surface area contributed by atoms with E-state index in [0.717, 1.165) is 12.3 Å². The summed E-state index contributed by atoms with van der Waals surface area (Å²) in [6.45, 7) is 2.93. The smallest absolute Gasteiger partial charge is 0.393 e. The van der Waals surface area contributed by atoms with E-state index in [4.69, 9.17) is 16.3 Å². The number of alkyl halides is 3. The number of hydrogen-bond donors (Lipinski definition) is 1. The van der Waals surface area contributed by atoms with Gasteiger partial charge in [-0.05, 0) is 19.4 Å². The molecule has 1 aromatic rings. The molecule has 21 heavy (non-hydrogen) atoms. The third-order valence-electron chi connectivity index (χ3n) is 3.26. The number of aromatic nitrogens is 1. The molecule has 0 bridgehead atoms. The quantitative estimate of drug-likeness (QED) is 0.928. The lowest BCUT2D eigenvalue weighted by Crippen LogP contribution is -2.47. The number of pyridine rings is 1. The largest absolute Gasteiger partial charge is 0.417 e. The zero-order chi connectivity index (χ0) is 15.6. The second-order valence-electron chi connectivity index (χ2n) is 5.03. The van der Waals surface area contributed by atoms with Crippen LogP contribution in [0.3, 0.4) is 0 Å². The van der Waals surface area contributed by atoms with Gasteiger partial charge in [-0.25, -0.2) is 4.98 Å². The van der Waals surface area contributed by atoms with E-state index < -0.39 is 17.8 Å². The number of ether oxygens (including phenoxy) is 1. The van der Waals surface area contributed by atoms with Crippen molar-refractivity contribution in [3.05, 3.63) is 22.8 Å². The van der Waals surface area contributed by atoms with Crippen LogP contribution in [0.4, 0.5) is 19.0 Å². The van der Waals surface area contributed by atoms with Gasteiger partial charge in [0.05, 0.1) is 35.9 Å². The monoisotopic (exact) mass is 324 g/mol. The van der Waals surface area contributed by atoms with Gasteiger partial charge in [-0.3, -0.25) is 0 Å². The lowest BCUT2D eigenvalue weighted by atomic mass is 10.1. The van der Waals surface area contributed by atoms with E-state index in [1.807, 2.05) is 0 Å². The summed E-state index contributed by atoms with van der Waals surface area (Å²) in [7, 11) is 0. The van der Waals surface area contributed by atoms with Crippen molar-refractivity contribution in [2.24, 2.45) is 0 Å². The van der Waals surface area contributed by atoms with Gasteiger partial charge in [-0.15, -0.1) is 0 Å². The number of aliphatic hydroxyl groups excluding tert-OH is 1. The van der Waals surface area contributed by atoms with Crippen LogP contribution >= 0.6 is 11.6 Å². The zero-order valence-corrected chi connectivity index (χ0v) is 12.2. The SMILES string of the molecule is C[C@H](O)C[C@@H]1COCCN1c1ncc(C(F)(F)F)cc1Cl. The molecule has 1 aromatic heterocycles. The van der Waals surface area contributed by atoms with E-state index in [1.165, 1.54) is 0 Å². The molecule has 1 fully saturated rings. The Bertz CT molecular complexity index is 497.